The number of ether oxygens (including phenoxy) is 3. The molecule has 2 aromatic rings. The molecule has 2 amide bonds. The minimum absolute atomic E-state index is 0.00504. The largest absolute Gasteiger partial charge is 0.490 e. The van der Waals surface area contributed by atoms with Crippen LogP contribution < -0.4 is 9.47 Å². The van der Waals surface area contributed by atoms with Crippen molar-refractivity contribution in [2.45, 2.75) is 27.4 Å². The zero-order valence-corrected chi connectivity index (χ0v) is 23.4. The van der Waals surface area contributed by atoms with E-state index in [4.69, 9.17) is 14.2 Å². The van der Waals surface area contributed by atoms with E-state index in [9.17, 15) is 24.5 Å². The van der Waals surface area contributed by atoms with Gasteiger partial charge < -0.3 is 14.2 Å². The number of carbonyl (C=O) groups is 3. The van der Waals surface area contributed by atoms with E-state index in [1.54, 1.807) is 30.3 Å². The molecule has 10 nitrogen and oxygen atoms in total. The van der Waals surface area contributed by atoms with Gasteiger partial charge in [-0.25, -0.2) is 0 Å². The maximum Gasteiger partial charge on any atom is 0.326 e. The molecule has 2 aromatic carbocycles. The number of rotatable bonds is 11. The topological polar surface area (TPSA) is 125 Å². The SMILES string of the molecule is CCOc1cc(/C=C2/SC(=O)N(CC(=O)OCC(C)C)C2=O)cc(I)c1OCc1ccc([N+](=O)[O-])cc1. The van der Waals surface area contributed by atoms with Crippen LogP contribution in [0.1, 0.15) is 31.9 Å². The first-order valence-corrected chi connectivity index (χ1v) is 13.2. The van der Waals surface area contributed by atoms with Crippen LogP contribution in [-0.2, 0) is 20.9 Å². The number of nitrogens with zero attached hydrogens (tertiary/aromatic N) is 2. The Balaban J connectivity index is 1.76. The fourth-order valence-electron chi connectivity index (χ4n) is 3.17. The maximum absolute atomic E-state index is 12.8. The minimum Gasteiger partial charge on any atom is -0.490 e. The van der Waals surface area contributed by atoms with Crippen molar-refractivity contribution in [3.05, 3.63) is 66.1 Å². The molecule has 0 saturated carbocycles. The quantitative estimate of drug-likeness (QED) is 0.104. The Hall–Kier alpha value is -3.13. The van der Waals surface area contributed by atoms with Crippen LogP contribution in [0.3, 0.4) is 0 Å². The summed E-state index contributed by atoms with van der Waals surface area (Å²) in [4.78, 5) is 48.6. The number of thioether (sulfide) groups is 1. The van der Waals surface area contributed by atoms with Crippen LogP contribution in [0.2, 0.25) is 0 Å². The highest BCUT2D eigenvalue weighted by Gasteiger charge is 2.36. The Morgan fingerprint density at radius 3 is 2.51 bits per heavy atom. The molecule has 0 radical (unpaired) electrons. The Morgan fingerprint density at radius 1 is 1.19 bits per heavy atom. The Bertz CT molecular complexity index is 1230. The maximum atomic E-state index is 12.8. The van der Waals surface area contributed by atoms with Gasteiger partial charge in [-0.3, -0.25) is 29.4 Å². The van der Waals surface area contributed by atoms with E-state index in [2.05, 4.69) is 22.6 Å². The number of hydrogen-bond donors (Lipinski definition) is 0. The van der Waals surface area contributed by atoms with Gasteiger partial charge in [-0.1, -0.05) is 13.8 Å². The Morgan fingerprint density at radius 2 is 1.89 bits per heavy atom. The molecular weight excluding hydrogens is 615 g/mol. The standard InChI is InChI=1S/C25H25IN2O8S/c1-4-34-20-10-17(9-19(26)23(20)36-14-16-5-7-18(8-6-16)28(32)33)11-21-24(30)27(25(31)37-21)12-22(29)35-13-15(2)3/h5-11,15H,4,12-14H2,1-3H3/b21-11+. The van der Waals surface area contributed by atoms with Crippen LogP contribution in [0.15, 0.2) is 41.3 Å². The van der Waals surface area contributed by atoms with Crippen LogP contribution in [0.5, 0.6) is 11.5 Å². The average Bonchev–Trinajstić information content (AvgIpc) is 3.10. The number of halogens is 1. The third kappa shape index (κ3) is 7.68. The van der Waals surface area contributed by atoms with Crippen molar-refractivity contribution in [1.82, 2.24) is 4.90 Å². The molecule has 0 atom stereocenters. The van der Waals surface area contributed by atoms with Crippen molar-refractivity contribution < 1.29 is 33.5 Å². The molecule has 0 N–H and O–H groups in total. The smallest absolute Gasteiger partial charge is 0.326 e. The predicted octanol–water partition coefficient (Wildman–Crippen LogP) is 5.41. The molecule has 0 bridgehead atoms. The van der Waals surface area contributed by atoms with Gasteiger partial charge in [0.15, 0.2) is 11.5 Å². The first-order chi connectivity index (χ1) is 17.6. The lowest BCUT2D eigenvalue weighted by Crippen LogP contribution is -2.34. The fraction of sp³-hybridized carbons (Fsp3) is 0.320. The summed E-state index contributed by atoms with van der Waals surface area (Å²) in [6.07, 6.45) is 1.56. The van der Waals surface area contributed by atoms with Gasteiger partial charge in [0.2, 0.25) is 0 Å². The zero-order chi connectivity index (χ0) is 27.1. The number of esters is 1. The number of amides is 2. The first-order valence-electron chi connectivity index (χ1n) is 11.3. The van der Waals surface area contributed by atoms with Crippen LogP contribution in [0.25, 0.3) is 6.08 Å². The summed E-state index contributed by atoms with van der Waals surface area (Å²) < 4.78 is 17.5. The molecule has 1 aliphatic heterocycles. The van der Waals surface area contributed by atoms with E-state index in [0.717, 1.165) is 22.2 Å². The monoisotopic (exact) mass is 640 g/mol. The summed E-state index contributed by atoms with van der Waals surface area (Å²) in [5.41, 5.74) is 1.35. The highest BCUT2D eigenvalue weighted by atomic mass is 127. The van der Waals surface area contributed by atoms with E-state index >= 15 is 0 Å². The Kier molecular flexibility index (Phi) is 9.92. The summed E-state index contributed by atoms with van der Waals surface area (Å²) in [5, 5.41) is 10.3. The van der Waals surface area contributed by atoms with Gasteiger partial charge >= 0.3 is 5.97 Å². The Labute approximate surface area is 231 Å². The highest BCUT2D eigenvalue weighted by Crippen LogP contribution is 2.38. The van der Waals surface area contributed by atoms with Gasteiger partial charge in [0.1, 0.15) is 13.2 Å². The van der Waals surface area contributed by atoms with Gasteiger partial charge in [-0.2, -0.15) is 0 Å². The molecule has 12 heteroatoms. The van der Waals surface area contributed by atoms with E-state index < -0.39 is 28.6 Å². The molecular formula is C25H25IN2O8S. The summed E-state index contributed by atoms with van der Waals surface area (Å²) in [6, 6.07) is 9.53. The molecule has 1 fully saturated rings. The molecule has 1 saturated heterocycles. The van der Waals surface area contributed by atoms with Gasteiger partial charge in [0.05, 0.1) is 26.6 Å². The third-order valence-electron chi connectivity index (χ3n) is 4.90. The lowest BCUT2D eigenvalue weighted by atomic mass is 10.1. The van der Waals surface area contributed by atoms with Gasteiger partial charge in [0.25, 0.3) is 16.8 Å². The van der Waals surface area contributed by atoms with Crippen molar-refractivity contribution in [2.75, 3.05) is 19.8 Å². The molecule has 1 aliphatic rings. The van der Waals surface area contributed by atoms with Crippen molar-refractivity contribution in [3.63, 3.8) is 0 Å². The number of carbonyl (C=O) groups excluding carboxylic acids is 3. The van der Waals surface area contributed by atoms with Crippen LogP contribution >= 0.6 is 34.4 Å². The summed E-state index contributed by atoms with van der Waals surface area (Å²) >= 11 is 2.84. The minimum atomic E-state index is -0.639. The van der Waals surface area contributed by atoms with Crippen molar-refractivity contribution in [2.24, 2.45) is 5.92 Å². The van der Waals surface area contributed by atoms with Crippen molar-refractivity contribution >= 4 is 63.2 Å². The van der Waals surface area contributed by atoms with E-state index in [0.29, 0.717) is 27.2 Å². The fourth-order valence-corrected chi connectivity index (χ4v) is 4.79. The zero-order valence-electron chi connectivity index (χ0n) is 20.4. The van der Waals surface area contributed by atoms with Gasteiger partial charge in [0, 0.05) is 12.1 Å². The van der Waals surface area contributed by atoms with E-state index in [1.807, 2.05) is 20.8 Å². The first kappa shape index (κ1) is 28.4. The second-order valence-corrected chi connectivity index (χ2v) is 10.5. The second kappa shape index (κ2) is 12.9. The van der Waals surface area contributed by atoms with Crippen LogP contribution in [0.4, 0.5) is 10.5 Å². The van der Waals surface area contributed by atoms with Crippen LogP contribution in [0, 0.1) is 19.6 Å². The summed E-state index contributed by atoms with van der Waals surface area (Å²) in [7, 11) is 0. The molecule has 0 aliphatic carbocycles. The second-order valence-electron chi connectivity index (χ2n) is 8.32. The van der Waals surface area contributed by atoms with Gasteiger partial charge in [-0.15, -0.1) is 0 Å². The molecule has 0 unspecified atom stereocenters. The number of benzene rings is 2. The molecule has 1 heterocycles. The number of non-ortho nitro benzene ring substituents is 1. The summed E-state index contributed by atoms with van der Waals surface area (Å²) in [5.74, 6) is -0.136. The van der Waals surface area contributed by atoms with E-state index in [-0.39, 0.29) is 29.7 Å². The van der Waals surface area contributed by atoms with Crippen molar-refractivity contribution in [3.8, 4) is 11.5 Å². The van der Waals surface area contributed by atoms with Gasteiger partial charge in [-0.05, 0) is 88.7 Å². The molecule has 0 aromatic heterocycles. The van der Waals surface area contributed by atoms with E-state index in [1.165, 1.54) is 12.1 Å². The molecule has 37 heavy (non-hydrogen) atoms. The number of nitro benzene ring substituents is 1. The molecule has 0 spiro atoms. The molecule has 3 rings (SSSR count). The lowest BCUT2D eigenvalue weighted by Gasteiger charge is -2.15. The molecule has 196 valence electrons. The third-order valence-corrected chi connectivity index (χ3v) is 6.61. The normalized spacial score (nSPS) is 14.4. The number of imide groups is 1. The lowest BCUT2D eigenvalue weighted by molar-refractivity contribution is -0.384. The average molecular weight is 640 g/mol. The predicted molar refractivity (Wildman–Crippen MR) is 146 cm³/mol. The highest BCUT2D eigenvalue weighted by molar-refractivity contribution is 14.1. The number of nitro groups is 1. The number of hydrogen-bond acceptors (Lipinski definition) is 9. The summed E-state index contributed by atoms with van der Waals surface area (Å²) in [6.45, 7) is 5.90. The van der Waals surface area contributed by atoms with Crippen LogP contribution in [-0.4, -0.2) is 46.7 Å². The van der Waals surface area contributed by atoms with Crippen molar-refractivity contribution in [1.29, 1.82) is 0 Å².